The maximum Gasteiger partial charge on any atom is 0.451 e. The topological polar surface area (TPSA) is 35.0 Å². The van der Waals surface area contributed by atoms with Gasteiger partial charge in [-0.25, -0.2) is 4.98 Å². The molecule has 0 aliphatic carbocycles. The number of aryl methyl sites for hydroxylation is 1. The minimum Gasteiger partial charge on any atom is -0.438 e. The highest BCUT2D eigenvalue weighted by Crippen LogP contribution is 2.33. The van der Waals surface area contributed by atoms with Crippen molar-refractivity contribution in [2.75, 3.05) is 0 Å². The van der Waals surface area contributed by atoms with Gasteiger partial charge in [-0.2, -0.15) is 18.2 Å². The number of alkyl halides is 3. The van der Waals surface area contributed by atoms with Crippen LogP contribution >= 0.6 is 27.5 Å². The molecular formula is C12H7BrClF3N2O. The first kappa shape index (κ1) is 15.1. The van der Waals surface area contributed by atoms with Crippen LogP contribution in [0.3, 0.4) is 0 Å². The number of aromatic nitrogens is 2. The molecule has 2 rings (SSSR count). The van der Waals surface area contributed by atoms with Gasteiger partial charge in [0.2, 0.25) is 11.7 Å². The van der Waals surface area contributed by atoms with Gasteiger partial charge >= 0.3 is 6.18 Å². The third-order valence-corrected chi connectivity index (χ3v) is 3.04. The lowest BCUT2D eigenvalue weighted by atomic mass is 10.2. The smallest absolute Gasteiger partial charge is 0.438 e. The first-order chi connectivity index (χ1) is 9.25. The van der Waals surface area contributed by atoms with E-state index in [1.807, 2.05) is 6.92 Å². The standard InChI is InChI=1S/C12H7BrClF3N2O/c1-6-2-3-8(7(13)4-6)20-10-5-9(14)18-11(19-10)12(15,16)17/h2-5H,1H3. The lowest BCUT2D eigenvalue weighted by Gasteiger charge is -2.10. The predicted molar refractivity (Wildman–Crippen MR) is 71.0 cm³/mol. The van der Waals surface area contributed by atoms with Crippen molar-refractivity contribution in [2.45, 2.75) is 13.1 Å². The van der Waals surface area contributed by atoms with Gasteiger partial charge in [0.1, 0.15) is 10.9 Å². The van der Waals surface area contributed by atoms with E-state index in [-0.39, 0.29) is 11.0 Å². The Hall–Kier alpha value is -1.34. The summed E-state index contributed by atoms with van der Waals surface area (Å²) < 4.78 is 43.6. The van der Waals surface area contributed by atoms with E-state index < -0.39 is 12.0 Å². The van der Waals surface area contributed by atoms with Crippen LogP contribution in [-0.4, -0.2) is 9.97 Å². The lowest BCUT2D eigenvalue weighted by Crippen LogP contribution is -2.11. The van der Waals surface area contributed by atoms with E-state index in [0.717, 1.165) is 11.6 Å². The Balaban J connectivity index is 2.36. The van der Waals surface area contributed by atoms with Crippen LogP contribution in [0.15, 0.2) is 28.7 Å². The molecule has 3 nitrogen and oxygen atoms in total. The Morgan fingerprint density at radius 2 is 1.90 bits per heavy atom. The van der Waals surface area contributed by atoms with Crippen molar-refractivity contribution in [3.8, 4) is 11.6 Å². The average Bonchev–Trinajstić information content (AvgIpc) is 2.31. The van der Waals surface area contributed by atoms with Crippen molar-refractivity contribution in [1.82, 2.24) is 9.97 Å². The Bertz CT molecular complexity index is 649. The van der Waals surface area contributed by atoms with Crippen LogP contribution in [0, 0.1) is 6.92 Å². The zero-order valence-corrected chi connectivity index (χ0v) is 12.3. The number of rotatable bonds is 2. The zero-order chi connectivity index (χ0) is 14.9. The fourth-order valence-electron chi connectivity index (χ4n) is 1.38. The second-order valence-electron chi connectivity index (χ2n) is 3.89. The van der Waals surface area contributed by atoms with Gasteiger partial charge in [-0.3, -0.25) is 0 Å². The summed E-state index contributed by atoms with van der Waals surface area (Å²) in [5, 5.41) is -0.342. The molecule has 0 bridgehead atoms. The van der Waals surface area contributed by atoms with E-state index >= 15 is 0 Å². The summed E-state index contributed by atoms with van der Waals surface area (Å²) in [4.78, 5) is 6.42. The van der Waals surface area contributed by atoms with Crippen LogP contribution in [0.5, 0.6) is 11.6 Å². The number of nitrogens with zero attached hydrogens (tertiary/aromatic N) is 2. The quantitative estimate of drug-likeness (QED) is 0.700. The van der Waals surface area contributed by atoms with E-state index in [9.17, 15) is 13.2 Å². The second-order valence-corrected chi connectivity index (χ2v) is 5.13. The Morgan fingerprint density at radius 3 is 2.50 bits per heavy atom. The highest BCUT2D eigenvalue weighted by molar-refractivity contribution is 9.10. The summed E-state index contributed by atoms with van der Waals surface area (Å²) in [6.45, 7) is 1.87. The Kier molecular flexibility index (Phi) is 4.19. The molecule has 0 aliphatic heterocycles. The van der Waals surface area contributed by atoms with E-state index in [1.54, 1.807) is 18.2 Å². The minimum atomic E-state index is -4.69. The maximum atomic E-state index is 12.6. The molecule has 0 unspecified atom stereocenters. The van der Waals surface area contributed by atoms with E-state index in [4.69, 9.17) is 16.3 Å². The van der Waals surface area contributed by atoms with Crippen LogP contribution in [0.1, 0.15) is 11.4 Å². The molecule has 1 heterocycles. The first-order valence-corrected chi connectivity index (χ1v) is 6.48. The molecule has 0 saturated carbocycles. The van der Waals surface area contributed by atoms with E-state index in [2.05, 4.69) is 25.9 Å². The van der Waals surface area contributed by atoms with E-state index in [0.29, 0.717) is 10.2 Å². The molecule has 0 saturated heterocycles. The summed E-state index contributed by atoms with van der Waals surface area (Å²) in [6.07, 6.45) is -4.69. The summed E-state index contributed by atoms with van der Waals surface area (Å²) in [5.74, 6) is -1.29. The predicted octanol–water partition coefficient (Wildman–Crippen LogP) is 5.01. The molecule has 1 aromatic heterocycles. The monoisotopic (exact) mass is 366 g/mol. The fraction of sp³-hybridized carbons (Fsp3) is 0.167. The van der Waals surface area contributed by atoms with Crippen molar-refractivity contribution >= 4 is 27.5 Å². The van der Waals surface area contributed by atoms with Gasteiger partial charge in [0.15, 0.2) is 0 Å². The normalized spacial score (nSPS) is 11.5. The summed E-state index contributed by atoms with van der Waals surface area (Å²) in [7, 11) is 0. The lowest BCUT2D eigenvalue weighted by molar-refractivity contribution is -0.145. The molecule has 2 aromatic rings. The molecular weight excluding hydrogens is 360 g/mol. The van der Waals surface area contributed by atoms with Crippen molar-refractivity contribution in [2.24, 2.45) is 0 Å². The van der Waals surface area contributed by atoms with Gasteiger partial charge < -0.3 is 4.74 Å². The first-order valence-electron chi connectivity index (χ1n) is 5.31. The Labute approximate surface area is 125 Å². The summed E-state index contributed by atoms with van der Waals surface area (Å²) >= 11 is 8.80. The molecule has 20 heavy (non-hydrogen) atoms. The molecule has 0 spiro atoms. The fourth-order valence-corrected chi connectivity index (χ4v) is 2.12. The number of hydrogen-bond donors (Lipinski definition) is 0. The van der Waals surface area contributed by atoms with Crippen LogP contribution in [0.2, 0.25) is 5.15 Å². The van der Waals surface area contributed by atoms with Crippen molar-refractivity contribution in [3.05, 3.63) is 45.3 Å². The SMILES string of the molecule is Cc1ccc(Oc2cc(Cl)nc(C(F)(F)F)n2)c(Br)c1. The average molecular weight is 368 g/mol. The van der Waals surface area contributed by atoms with E-state index in [1.165, 1.54) is 0 Å². The van der Waals surface area contributed by atoms with Crippen molar-refractivity contribution < 1.29 is 17.9 Å². The third-order valence-electron chi connectivity index (χ3n) is 2.23. The number of benzene rings is 1. The Morgan fingerprint density at radius 1 is 1.20 bits per heavy atom. The highest BCUT2D eigenvalue weighted by Gasteiger charge is 2.35. The van der Waals surface area contributed by atoms with Gasteiger partial charge in [-0.05, 0) is 40.5 Å². The van der Waals surface area contributed by atoms with Gasteiger partial charge in [0.05, 0.1) is 4.47 Å². The van der Waals surface area contributed by atoms with Crippen LogP contribution in [-0.2, 0) is 6.18 Å². The molecule has 0 fully saturated rings. The summed E-state index contributed by atoms with van der Waals surface area (Å²) in [6, 6.07) is 6.25. The van der Waals surface area contributed by atoms with Gasteiger partial charge in [-0.1, -0.05) is 17.7 Å². The second kappa shape index (κ2) is 5.57. The minimum absolute atomic E-state index is 0.276. The van der Waals surface area contributed by atoms with Crippen LogP contribution in [0.4, 0.5) is 13.2 Å². The van der Waals surface area contributed by atoms with Crippen molar-refractivity contribution in [1.29, 1.82) is 0 Å². The third kappa shape index (κ3) is 3.61. The highest BCUT2D eigenvalue weighted by atomic mass is 79.9. The van der Waals surface area contributed by atoms with Gasteiger partial charge in [-0.15, -0.1) is 0 Å². The molecule has 0 atom stereocenters. The largest absolute Gasteiger partial charge is 0.451 e. The number of hydrogen-bond acceptors (Lipinski definition) is 3. The van der Waals surface area contributed by atoms with Crippen LogP contribution in [0.25, 0.3) is 0 Å². The zero-order valence-electron chi connectivity index (χ0n) is 10.0. The molecule has 0 amide bonds. The molecule has 0 radical (unpaired) electrons. The molecule has 0 N–H and O–H groups in total. The molecule has 106 valence electrons. The van der Waals surface area contributed by atoms with Gasteiger partial charge in [0, 0.05) is 6.07 Å². The van der Waals surface area contributed by atoms with Gasteiger partial charge in [0.25, 0.3) is 0 Å². The number of halogens is 5. The molecule has 8 heteroatoms. The van der Waals surface area contributed by atoms with Crippen molar-refractivity contribution in [3.63, 3.8) is 0 Å². The molecule has 1 aromatic carbocycles. The maximum absolute atomic E-state index is 12.6. The number of ether oxygens (including phenoxy) is 1. The van der Waals surface area contributed by atoms with Crippen LogP contribution < -0.4 is 4.74 Å². The summed E-state index contributed by atoms with van der Waals surface area (Å²) in [5.41, 5.74) is 0.973. The molecule has 0 aliphatic rings.